The molecule has 0 aliphatic carbocycles. The number of benzene rings is 1. The van der Waals surface area contributed by atoms with E-state index in [2.05, 4.69) is 10.4 Å². The summed E-state index contributed by atoms with van der Waals surface area (Å²) in [6.45, 7) is 3.82. The van der Waals surface area contributed by atoms with Crippen LogP contribution in [-0.4, -0.2) is 58.2 Å². The maximum absolute atomic E-state index is 13.6. The third kappa shape index (κ3) is 4.85. The molecular formula is C26H27N5O4S. The molecule has 0 saturated carbocycles. The molecule has 0 spiro atoms. The highest BCUT2D eigenvalue weighted by Crippen LogP contribution is 2.35. The van der Waals surface area contributed by atoms with Gasteiger partial charge in [-0.2, -0.15) is 5.10 Å². The lowest BCUT2D eigenvalue weighted by molar-refractivity contribution is 0.0506. The van der Waals surface area contributed by atoms with Crippen molar-refractivity contribution in [3.05, 3.63) is 64.3 Å². The zero-order valence-electron chi connectivity index (χ0n) is 20.8. The molecule has 1 aromatic carbocycles. The molecule has 0 unspecified atom stereocenters. The third-order valence-corrected chi connectivity index (χ3v) is 6.77. The van der Waals surface area contributed by atoms with Crippen molar-refractivity contribution in [3.8, 4) is 11.3 Å². The monoisotopic (exact) mass is 505 g/mol. The standard InChI is InChI=1S/C26H27N5O4S/c1-6-11-35-26(34)21-15(2)22(25(33)30(3)4)36-24(21)29-23(32)18-12-20(16-13-27-31(5)14-16)28-19-10-8-7-9-17(18)19/h7-10,12-14H,6,11H2,1-5H3,(H,29,32). The molecule has 2 amide bonds. The number of fused-ring (bicyclic) bond motifs is 1. The number of para-hydroxylation sites is 1. The number of carbonyl (C=O) groups is 3. The van der Waals surface area contributed by atoms with E-state index in [9.17, 15) is 14.4 Å². The highest BCUT2D eigenvalue weighted by Gasteiger charge is 2.28. The van der Waals surface area contributed by atoms with Gasteiger partial charge in [0.15, 0.2) is 0 Å². The number of hydrogen-bond acceptors (Lipinski definition) is 7. The first-order valence-corrected chi connectivity index (χ1v) is 12.2. The Balaban J connectivity index is 1.79. The average molecular weight is 506 g/mol. The molecule has 0 atom stereocenters. The number of thiophene rings is 1. The van der Waals surface area contributed by atoms with E-state index in [0.29, 0.717) is 39.0 Å². The van der Waals surface area contributed by atoms with Crippen molar-refractivity contribution in [2.45, 2.75) is 20.3 Å². The highest BCUT2D eigenvalue weighted by molar-refractivity contribution is 7.18. The van der Waals surface area contributed by atoms with E-state index >= 15 is 0 Å². The molecule has 0 radical (unpaired) electrons. The van der Waals surface area contributed by atoms with E-state index < -0.39 is 11.9 Å². The van der Waals surface area contributed by atoms with Gasteiger partial charge in [-0.25, -0.2) is 9.78 Å². The maximum atomic E-state index is 13.6. The summed E-state index contributed by atoms with van der Waals surface area (Å²) in [7, 11) is 5.08. The minimum Gasteiger partial charge on any atom is -0.462 e. The zero-order valence-corrected chi connectivity index (χ0v) is 21.6. The van der Waals surface area contributed by atoms with Crippen LogP contribution in [0.3, 0.4) is 0 Å². The van der Waals surface area contributed by atoms with E-state index in [4.69, 9.17) is 9.72 Å². The molecule has 10 heteroatoms. The largest absolute Gasteiger partial charge is 0.462 e. The van der Waals surface area contributed by atoms with Crippen LogP contribution in [0.25, 0.3) is 22.2 Å². The fourth-order valence-corrected chi connectivity index (χ4v) is 4.97. The van der Waals surface area contributed by atoms with Crippen LogP contribution < -0.4 is 5.32 Å². The molecule has 4 rings (SSSR count). The van der Waals surface area contributed by atoms with Crippen molar-refractivity contribution in [1.82, 2.24) is 19.7 Å². The lowest BCUT2D eigenvalue weighted by atomic mass is 10.0. The SMILES string of the molecule is CCCOC(=O)c1c(NC(=O)c2cc(-c3cnn(C)c3)nc3ccccc23)sc(C(=O)N(C)C)c1C. The van der Waals surface area contributed by atoms with Gasteiger partial charge >= 0.3 is 5.97 Å². The maximum Gasteiger partial charge on any atom is 0.341 e. The number of hydrogen-bond donors (Lipinski definition) is 1. The van der Waals surface area contributed by atoms with Crippen LogP contribution in [0.4, 0.5) is 5.00 Å². The van der Waals surface area contributed by atoms with E-state index in [1.165, 1.54) is 4.90 Å². The summed E-state index contributed by atoms with van der Waals surface area (Å²) in [5.41, 5.74) is 3.08. The minimum absolute atomic E-state index is 0.192. The molecule has 0 fully saturated rings. The smallest absolute Gasteiger partial charge is 0.341 e. The molecule has 3 aromatic heterocycles. The first-order chi connectivity index (χ1) is 17.2. The Morgan fingerprint density at radius 2 is 1.94 bits per heavy atom. The van der Waals surface area contributed by atoms with Gasteiger partial charge in [0.2, 0.25) is 0 Å². The number of aromatic nitrogens is 3. The van der Waals surface area contributed by atoms with Crippen molar-refractivity contribution in [1.29, 1.82) is 0 Å². The van der Waals surface area contributed by atoms with Crippen LogP contribution in [0.1, 0.15) is 49.3 Å². The summed E-state index contributed by atoms with van der Waals surface area (Å²) in [6.07, 6.45) is 4.16. The van der Waals surface area contributed by atoms with Gasteiger partial charge in [-0.3, -0.25) is 14.3 Å². The molecule has 186 valence electrons. The Labute approximate surface area is 212 Å². The summed E-state index contributed by atoms with van der Waals surface area (Å²) in [6, 6.07) is 9.05. The topological polar surface area (TPSA) is 106 Å². The van der Waals surface area contributed by atoms with Gasteiger partial charge in [-0.1, -0.05) is 25.1 Å². The third-order valence-electron chi connectivity index (χ3n) is 5.58. The first-order valence-electron chi connectivity index (χ1n) is 11.4. The van der Waals surface area contributed by atoms with Crippen LogP contribution in [-0.2, 0) is 11.8 Å². The fourth-order valence-electron chi connectivity index (χ4n) is 3.76. The van der Waals surface area contributed by atoms with Crippen LogP contribution in [0.15, 0.2) is 42.7 Å². The van der Waals surface area contributed by atoms with Gasteiger partial charge in [0.25, 0.3) is 11.8 Å². The van der Waals surface area contributed by atoms with Crippen LogP contribution in [0.2, 0.25) is 0 Å². The first kappa shape index (κ1) is 25.1. The van der Waals surface area contributed by atoms with Gasteiger partial charge in [0, 0.05) is 38.3 Å². The molecule has 0 saturated heterocycles. The zero-order chi connectivity index (χ0) is 26.0. The molecule has 1 N–H and O–H groups in total. The summed E-state index contributed by atoms with van der Waals surface area (Å²) in [5, 5.41) is 8.01. The number of nitrogens with one attached hydrogen (secondary N) is 1. The highest BCUT2D eigenvalue weighted by atomic mass is 32.1. The molecule has 0 aliphatic heterocycles. The van der Waals surface area contributed by atoms with Crippen LogP contribution in [0.5, 0.6) is 0 Å². The van der Waals surface area contributed by atoms with Crippen molar-refractivity contribution in [2.24, 2.45) is 7.05 Å². The number of carbonyl (C=O) groups excluding carboxylic acids is 3. The number of pyridine rings is 1. The lowest BCUT2D eigenvalue weighted by Gasteiger charge is -2.11. The molecule has 4 aromatic rings. The van der Waals surface area contributed by atoms with Gasteiger partial charge in [-0.15, -0.1) is 11.3 Å². The molecule has 36 heavy (non-hydrogen) atoms. The minimum atomic E-state index is -0.575. The molecule has 0 aliphatic rings. The second kappa shape index (κ2) is 10.3. The fraction of sp³-hybridized carbons (Fsp3) is 0.269. The van der Waals surface area contributed by atoms with Gasteiger partial charge < -0.3 is 15.0 Å². The number of anilines is 1. The molecular weight excluding hydrogens is 478 g/mol. The summed E-state index contributed by atoms with van der Waals surface area (Å²) >= 11 is 1.06. The number of ether oxygens (including phenoxy) is 1. The van der Waals surface area contributed by atoms with Crippen molar-refractivity contribution >= 4 is 45.0 Å². The predicted octanol–water partition coefficient (Wildman–Crippen LogP) is 4.53. The van der Waals surface area contributed by atoms with Gasteiger partial charge in [0.05, 0.1) is 40.0 Å². The Morgan fingerprint density at radius 3 is 2.61 bits per heavy atom. The second-order valence-corrected chi connectivity index (χ2v) is 9.55. The predicted molar refractivity (Wildman–Crippen MR) is 140 cm³/mol. The Hall–Kier alpha value is -4.05. The van der Waals surface area contributed by atoms with Crippen LogP contribution in [0, 0.1) is 6.92 Å². The van der Waals surface area contributed by atoms with Gasteiger partial charge in [0.1, 0.15) is 5.00 Å². The Bertz CT molecular complexity index is 1470. The quantitative estimate of drug-likeness (QED) is 0.370. The summed E-state index contributed by atoms with van der Waals surface area (Å²) in [5.74, 6) is -1.25. The Morgan fingerprint density at radius 1 is 1.19 bits per heavy atom. The molecule has 0 bridgehead atoms. The number of amides is 2. The molecule has 3 heterocycles. The number of aryl methyl sites for hydroxylation is 1. The Kier molecular flexibility index (Phi) is 7.16. The van der Waals surface area contributed by atoms with Crippen molar-refractivity contribution in [3.63, 3.8) is 0 Å². The van der Waals surface area contributed by atoms with Crippen molar-refractivity contribution < 1.29 is 19.1 Å². The summed E-state index contributed by atoms with van der Waals surface area (Å²) < 4.78 is 7.03. The second-order valence-electron chi connectivity index (χ2n) is 8.52. The van der Waals surface area contributed by atoms with E-state index in [1.807, 2.05) is 44.4 Å². The van der Waals surface area contributed by atoms with Gasteiger partial charge in [-0.05, 0) is 31.0 Å². The summed E-state index contributed by atoms with van der Waals surface area (Å²) in [4.78, 5) is 45.8. The average Bonchev–Trinajstić information content (AvgIpc) is 3.44. The number of nitrogens with zero attached hydrogens (tertiary/aromatic N) is 4. The van der Waals surface area contributed by atoms with E-state index in [1.54, 1.807) is 38.0 Å². The van der Waals surface area contributed by atoms with E-state index in [0.717, 1.165) is 16.9 Å². The normalized spacial score (nSPS) is 10.9. The number of rotatable bonds is 7. The van der Waals surface area contributed by atoms with E-state index in [-0.39, 0.29) is 23.1 Å². The number of esters is 1. The molecule has 9 nitrogen and oxygen atoms in total. The lowest BCUT2D eigenvalue weighted by Crippen LogP contribution is -2.21. The van der Waals surface area contributed by atoms with Crippen molar-refractivity contribution in [2.75, 3.05) is 26.0 Å². The van der Waals surface area contributed by atoms with Crippen LogP contribution >= 0.6 is 11.3 Å².